The molecule has 0 saturated carbocycles. The van der Waals surface area contributed by atoms with E-state index in [4.69, 9.17) is 4.74 Å². The van der Waals surface area contributed by atoms with Crippen molar-refractivity contribution in [1.82, 2.24) is 20.1 Å². The maximum atomic E-state index is 12.3. The van der Waals surface area contributed by atoms with E-state index in [9.17, 15) is 4.79 Å². The minimum absolute atomic E-state index is 0.0910. The molecule has 22 heavy (non-hydrogen) atoms. The number of rotatable bonds is 6. The summed E-state index contributed by atoms with van der Waals surface area (Å²) in [7, 11) is 1.89. The van der Waals surface area contributed by atoms with Crippen LogP contribution in [0, 0.1) is 6.92 Å². The Morgan fingerprint density at radius 2 is 2.23 bits per heavy atom. The average Bonchev–Trinajstić information content (AvgIpc) is 2.93. The normalized spacial score (nSPS) is 12.0. The molecule has 0 bridgehead atoms. The Morgan fingerprint density at radius 3 is 2.86 bits per heavy atom. The lowest BCUT2D eigenvalue weighted by Gasteiger charge is -2.13. The summed E-state index contributed by atoms with van der Waals surface area (Å²) in [6.45, 7) is 6.97. The van der Waals surface area contributed by atoms with Gasteiger partial charge in [-0.3, -0.25) is 4.79 Å². The number of nitrogens with one attached hydrogen (secondary N) is 1. The van der Waals surface area contributed by atoms with E-state index < -0.39 is 0 Å². The summed E-state index contributed by atoms with van der Waals surface area (Å²) in [5.74, 6) is 1.57. The Labute approximate surface area is 130 Å². The van der Waals surface area contributed by atoms with E-state index >= 15 is 0 Å². The van der Waals surface area contributed by atoms with Crippen LogP contribution >= 0.6 is 0 Å². The Kier molecular flexibility index (Phi) is 5.14. The van der Waals surface area contributed by atoms with Gasteiger partial charge in [0.25, 0.3) is 5.91 Å². The third kappa shape index (κ3) is 3.63. The Hall–Kier alpha value is -2.37. The van der Waals surface area contributed by atoms with Gasteiger partial charge in [0.15, 0.2) is 0 Å². The number of hydrogen-bond donors (Lipinski definition) is 1. The summed E-state index contributed by atoms with van der Waals surface area (Å²) < 4.78 is 7.38. The number of carbonyl (C=O) groups excluding carboxylic acids is 1. The van der Waals surface area contributed by atoms with Gasteiger partial charge in [0.1, 0.15) is 17.9 Å². The summed E-state index contributed by atoms with van der Waals surface area (Å²) in [6, 6.07) is 5.48. The number of hydrogen-bond acceptors (Lipinski definition) is 4. The van der Waals surface area contributed by atoms with Crippen molar-refractivity contribution in [2.45, 2.75) is 26.7 Å². The molecule has 2 aromatic rings. The topological polar surface area (TPSA) is 69.0 Å². The van der Waals surface area contributed by atoms with Crippen molar-refractivity contribution in [3.8, 4) is 5.75 Å². The minimum Gasteiger partial charge on any atom is -0.494 e. The fourth-order valence-electron chi connectivity index (χ4n) is 2.23. The predicted octanol–water partition coefficient (Wildman–Crippen LogP) is 2.06. The van der Waals surface area contributed by atoms with Crippen LogP contribution < -0.4 is 10.1 Å². The smallest absolute Gasteiger partial charge is 0.251 e. The molecular formula is C16H22N4O2. The summed E-state index contributed by atoms with van der Waals surface area (Å²) >= 11 is 0. The highest BCUT2D eigenvalue weighted by Crippen LogP contribution is 2.19. The van der Waals surface area contributed by atoms with Crippen LogP contribution in [-0.4, -0.2) is 33.8 Å². The zero-order valence-electron chi connectivity index (χ0n) is 13.5. The van der Waals surface area contributed by atoms with Gasteiger partial charge >= 0.3 is 0 Å². The number of aromatic nitrogens is 3. The molecule has 0 radical (unpaired) electrons. The van der Waals surface area contributed by atoms with Crippen LogP contribution in [0.5, 0.6) is 5.75 Å². The van der Waals surface area contributed by atoms with Gasteiger partial charge in [-0.1, -0.05) is 13.0 Å². The molecule has 1 heterocycles. The second kappa shape index (κ2) is 7.06. The van der Waals surface area contributed by atoms with Gasteiger partial charge < -0.3 is 14.6 Å². The SMILES string of the molecule is CCOc1cc(C(=O)NCC(C)c2nncn2C)ccc1C. The zero-order valence-corrected chi connectivity index (χ0v) is 13.5. The van der Waals surface area contributed by atoms with Crippen molar-refractivity contribution < 1.29 is 9.53 Å². The van der Waals surface area contributed by atoms with Crippen molar-refractivity contribution >= 4 is 5.91 Å². The molecule has 0 aliphatic rings. The number of nitrogens with zero attached hydrogens (tertiary/aromatic N) is 3. The van der Waals surface area contributed by atoms with E-state index in [1.54, 1.807) is 18.5 Å². The average molecular weight is 302 g/mol. The molecule has 6 nitrogen and oxygen atoms in total. The van der Waals surface area contributed by atoms with Gasteiger partial charge in [0.05, 0.1) is 6.61 Å². The van der Waals surface area contributed by atoms with E-state index in [0.29, 0.717) is 18.7 Å². The number of carbonyl (C=O) groups is 1. The quantitative estimate of drug-likeness (QED) is 0.886. The molecule has 2 rings (SSSR count). The molecule has 0 spiro atoms. The lowest BCUT2D eigenvalue weighted by molar-refractivity contribution is 0.0951. The molecule has 0 aliphatic carbocycles. The van der Waals surface area contributed by atoms with Crippen LogP contribution in [0.2, 0.25) is 0 Å². The van der Waals surface area contributed by atoms with Crippen LogP contribution in [0.4, 0.5) is 0 Å². The molecule has 1 unspecified atom stereocenters. The van der Waals surface area contributed by atoms with Crippen molar-refractivity contribution in [3.63, 3.8) is 0 Å². The van der Waals surface area contributed by atoms with Gasteiger partial charge in [-0.05, 0) is 31.5 Å². The molecule has 0 fully saturated rings. The summed E-state index contributed by atoms with van der Waals surface area (Å²) in [4.78, 5) is 12.3. The molecule has 0 aliphatic heterocycles. The van der Waals surface area contributed by atoms with Gasteiger partial charge in [-0.15, -0.1) is 10.2 Å². The van der Waals surface area contributed by atoms with E-state index in [0.717, 1.165) is 17.1 Å². The molecule has 1 atom stereocenters. The third-order valence-electron chi connectivity index (χ3n) is 3.51. The number of ether oxygens (including phenoxy) is 1. The maximum Gasteiger partial charge on any atom is 0.251 e. The van der Waals surface area contributed by atoms with Crippen LogP contribution in [0.3, 0.4) is 0 Å². The molecule has 6 heteroatoms. The summed E-state index contributed by atoms with van der Waals surface area (Å²) in [5, 5.41) is 10.8. The second-order valence-corrected chi connectivity index (χ2v) is 5.32. The number of benzene rings is 1. The maximum absolute atomic E-state index is 12.3. The standard InChI is InChI=1S/C16H22N4O2/c1-5-22-14-8-13(7-6-11(14)2)16(21)17-9-12(3)15-19-18-10-20(15)4/h6-8,10,12H,5,9H2,1-4H3,(H,17,21). The highest BCUT2D eigenvalue weighted by molar-refractivity contribution is 5.94. The van der Waals surface area contributed by atoms with Gasteiger partial charge in [-0.25, -0.2) is 0 Å². The van der Waals surface area contributed by atoms with Crippen molar-refractivity contribution in [1.29, 1.82) is 0 Å². The van der Waals surface area contributed by atoms with Gasteiger partial charge in [-0.2, -0.15) is 0 Å². The first-order valence-electron chi connectivity index (χ1n) is 7.38. The fourth-order valence-corrected chi connectivity index (χ4v) is 2.23. The molecule has 1 aromatic carbocycles. The molecule has 1 aromatic heterocycles. The Balaban J connectivity index is 2.00. The van der Waals surface area contributed by atoms with Crippen LogP contribution in [0.15, 0.2) is 24.5 Å². The minimum atomic E-state index is -0.116. The lowest BCUT2D eigenvalue weighted by atomic mass is 10.1. The Morgan fingerprint density at radius 1 is 1.45 bits per heavy atom. The molecule has 1 amide bonds. The van der Waals surface area contributed by atoms with E-state index in [-0.39, 0.29) is 11.8 Å². The zero-order chi connectivity index (χ0) is 16.1. The third-order valence-corrected chi connectivity index (χ3v) is 3.51. The first kappa shape index (κ1) is 16.0. The predicted molar refractivity (Wildman–Crippen MR) is 84.1 cm³/mol. The van der Waals surface area contributed by atoms with Gasteiger partial charge in [0.2, 0.25) is 0 Å². The molecule has 0 saturated heterocycles. The Bertz CT molecular complexity index is 651. The van der Waals surface area contributed by atoms with E-state index in [2.05, 4.69) is 15.5 Å². The largest absolute Gasteiger partial charge is 0.494 e. The van der Waals surface area contributed by atoms with Crippen LogP contribution in [0.1, 0.15) is 41.5 Å². The summed E-state index contributed by atoms with van der Waals surface area (Å²) in [5.41, 5.74) is 1.62. The van der Waals surface area contributed by atoms with Crippen LogP contribution in [0.25, 0.3) is 0 Å². The lowest BCUT2D eigenvalue weighted by Crippen LogP contribution is -2.28. The first-order chi connectivity index (χ1) is 10.5. The number of aryl methyl sites for hydroxylation is 2. The van der Waals surface area contributed by atoms with Crippen molar-refractivity contribution in [2.75, 3.05) is 13.2 Å². The number of amides is 1. The van der Waals surface area contributed by atoms with Crippen LogP contribution in [-0.2, 0) is 7.05 Å². The second-order valence-electron chi connectivity index (χ2n) is 5.32. The summed E-state index contributed by atoms with van der Waals surface area (Å²) in [6.07, 6.45) is 1.65. The van der Waals surface area contributed by atoms with E-state index in [1.807, 2.05) is 38.5 Å². The highest BCUT2D eigenvalue weighted by Gasteiger charge is 2.14. The molecule has 1 N–H and O–H groups in total. The molecule has 118 valence electrons. The van der Waals surface area contributed by atoms with E-state index in [1.165, 1.54) is 0 Å². The van der Waals surface area contributed by atoms with Crippen molar-refractivity contribution in [2.24, 2.45) is 7.05 Å². The van der Waals surface area contributed by atoms with Gasteiger partial charge in [0, 0.05) is 25.1 Å². The highest BCUT2D eigenvalue weighted by atomic mass is 16.5. The molecular weight excluding hydrogens is 280 g/mol. The van der Waals surface area contributed by atoms with Crippen molar-refractivity contribution in [3.05, 3.63) is 41.5 Å². The fraction of sp³-hybridized carbons (Fsp3) is 0.438. The first-order valence-corrected chi connectivity index (χ1v) is 7.38. The monoisotopic (exact) mass is 302 g/mol.